The predicted octanol–water partition coefficient (Wildman–Crippen LogP) is 2.52. The quantitative estimate of drug-likeness (QED) is 0.600. The highest BCUT2D eigenvalue weighted by Crippen LogP contribution is 2.49. The second-order valence-corrected chi connectivity index (χ2v) is 7.76. The second kappa shape index (κ2) is 7.13. The first-order chi connectivity index (χ1) is 13.6. The van der Waals surface area contributed by atoms with Crippen LogP contribution in [0.3, 0.4) is 0 Å². The number of nitrogens with two attached hydrogens (primary N) is 1. The van der Waals surface area contributed by atoms with Crippen LogP contribution in [0, 0.1) is 26.9 Å². The maximum atomic E-state index is 13.0. The van der Waals surface area contributed by atoms with Gasteiger partial charge in [-0.1, -0.05) is 13.8 Å². The molecule has 0 fully saturated rings. The Bertz CT molecular complexity index is 1020. The molecule has 152 valence electrons. The van der Waals surface area contributed by atoms with Crippen molar-refractivity contribution in [3.63, 3.8) is 0 Å². The van der Waals surface area contributed by atoms with Gasteiger partial charge in [0.2, 0.25) is 5.88 Å². The van der Waals surface area contributed by atoms with Crippen LogP contribution in [0.1, 0.15) is 45.1 Å². The first-order valence-electron chi connectivity index (χ1n) is 9.05. The Morgan fingerprint density at radius 1 is 1.41 bits per heavy atom. The number of hydrogen-bond acceptors (Lipinski definition) is 8. The lowest BCUT2D eigenvalue weighted by molar-refractivity contribution is -0.398. The van der Waals surface area contributed by atoms with Gasteiger partial charge < -0.3 is 20.3 Å². The van der Waals surface area contributed by atoms with E-state index in [0.717, 1.165) is 6.07 Å². The molecule has 1 aliphatic heterocycles. The average molecular weight is 398 g/mol. The zero-order chi connectivity index (χ0) is 21.5. The highest BCUT2D eigenvalue weighted by atomic mass is 16.6. The third-order valence-corrected chi connectivity index (χ3v) is 4.96. The number of benzene rings is 1. The summed E-state index contributed by atoms with van der Waals surface area (Å²) >= 11 is 0. The SMILES string of the molecule is CCOc1cc([C@@H]2C(C#N)=C(N)OC3=C2C(=O)CC(C)(C)C3)cc([N+](=O)[O-])c1[O-]. The minimum atomic E-state index is -0.967. The standard InChI is InChI=1S/C20H21N3O6/c1-4-28-14-6-10(5-12(18(14)25)23(26)27)16-11(9-21)19(22)29-15-8-20(2,3)7-13(24)17(15)16/h5-6,16,25H,4,7-8,22H2,1-3H3/p-1/t16-/m1/s1. The Hall–Kier alpha value is -3.54. The molecule has 0 saturated heterocycles. The van der Waals surface area contributed by atoms with Crippen molar-refractivity contribution < 1.29 is 24.3 Å². The van der Waals surface area contributed by atoms with Gasteiger partial charge in [-0.3, -0.25) is 14.9 Å². The van der Waals surface area contributed by atoms with Gasteiger partial charge in [-0.15, -0.1) is 0 Å². The summed E-state index contributed by atoms with van der Waals surface area (Å²) in [6.07, 6.45) is 0.647. The van der Waals surface area contributed by atoms with Crippen LogP contribution in [0.5, 0.6) is 11.5 Å². The van der Waals surface area contributed by atoms with Gasteiger partial charge in [0, 0.05) is 30.2 Å². The van der Waals surface area contributed by atoms with Crippen molar-refractivity contribution in [3.05, 3.63) is 50.6 Å². The van der Waals surface area contributed by atoms with E-state index in [1.54, 1.807) is 6.92 Å². The zero-order valence-corrected chi connectivity index (χ0v) is 16.3. The molecule has 29 heavy (non-hydrogen) atoms. The second-order valence-electron chi connectivity index (χ2n) is 7.76. The molecular formula is C20H20N3O6-. The smallest absolute Gasteiger partial charge is 0.265 e. The molecule has 9 nitrogen and oxygen atoms in total. The number of allylic oxidation sites excluding steroid dienone is 3. The number of nitrogens with zero attached hydrogens (tertiary/aromatic N) is 2. The molecule has 1 aromatic rings. The summed E-state index contributed by atoms with van der Waals surface area (Å²) in [6.45, 7) is 5.58. The van der Waals surface area contributed by atoms with E-state index in [1.807, 2.05) is 19.9 Å². The molecule has 1 heterocycles. The fraction of sp³-hybridized carbons (Fsp3) is 0.400. The topological polar surface area (TPSA) is 152 Å². The van der Waals surface area contributed by atoms with Crippen LogP contribution in [-0.4, -0.2) is 17.3 Å². The van der Waals surface area contributed by atoms with Gasteiger partial charge in [-0.05, 0) is 24.0 Å². The van der Waals surface area contributed by atoms with Crippen LogP contribution >= 0.6 is 0 Å². The maximum Gasteiger partial charge on any atom is 0.265 e. The van der Waals surface area contributed by atoms with Gasteiger partial charge in [-0.2, -0.15) is 5.26 Å². The van der Waals surface area contributed by atoms with Crippen LogP contribution in [0.25, 0.3) is 0 Å². The van der Waals surface area contributed by atoms with Crippen molar-refractivity contribution >= 4 is 11.5 Å². The summed E-state index contributed by atoms with van der Waals surface area (Å²) < 4.78 is 10.9. The van der Waals surface area contributed by atoms with Crippen molar-refractivity contribution in [1.29, 1.82) is 5.26 Å². The van der Waals surface area contributed by atoms with Gasteiger partial charge in [0.15, 0.2) is 5.78 Å². The number of nitro benzene ring substituents is 1. The van der Waals surface area contributed by atoms with E-state index in [0.29, 0.717) is 12.2 Å². The summed E-state index contributed by atoms with van der Waals surface area (Å²) in [6, 6.07) is 4.35. The molecule has 0 bridgehead atoms. The Morgan fingerprint density at radius 3 is 2.69 bits per heavy atom. The molecule has 3 rings (SSSR count). The molecule has 1 atom stereocenters. The zero-order valence-electron chi connectivity index (χ0n) is 16.3. The van der Waals surface area contributed by atoms with Gasteiger partial charge in [0.05, 0.1) is 17.4 Å². The minimum absolute atomic E-state index is 0.0350. The van der Waals surface area contributed by atoms with E-state index in [-0.39, 0.29) is 52.6 Å². The molecule has 2 aliphatic rings. The van der Waals surface area contributed by atoms with Gasteiger partial charge in [0.25, 0.3) is 5.69 Å². The van der Waals surface area contributed by atoms with E-state index in [4.69, 9.17) is 15.2 Å². The number of ether oxygens (including phenoxy) is 2. The predicted molar refractivity (Wildman–Crippen MR) is 99.4 cm³/mol. The lowest BCUT2D eigenvalue weighted by Gasteiger charge is -2.37. The first-order valence-corrected chi connectivity index (χ1v) is 9.05. The molecule has 0 radical (unpaired) electrons. The molecule has 0 aromatic heterocycles. The molecular weight excluding hydrogens is 378 g/mol. The number of Topliss-reactive ketones (excluding diaryl/α,β-unsaturated/α-hetero) is 1. The van der Waals surface area contributed by atoms with Crippen LogP contribution in [0.2, 0.25) is 0 Å². The molecule has 0 unspecified atom stereocenters. The Morgan fingerprint density at radius 2 is 2.10 bits per heavy atom. The highest BCUT2D eigenvalue weighted by Gasteiger charge is 2.43. The van der Waals surface area contributed by atoms with E-state index < -0.39 is 22.3 Å². The van der Waals surface area contributed by atoms with Crippen molar-refractivity contribution in [2.75, 3.05) is 6.61 Å². The minimum Gasteiger partial charge on any atom is -0.865 e. The highest BCUT2D eigenvalue weighted by molar-refractivity contribution is 6.00. The van der Waals surface area contributed by atoms with Crippen molar-refractivity contribution in [3.8, 4) is 17.6 Å². The monoisotopic (exact) mass is 398 g/mol. The number of rotatable bonds is 4. The number of hydrogen-bond donors (Lipinski definition) is 1. The van der Waals surface area contributed by atoms with Crippen LogP contribution < -0.4 is 15.6 Å². The third kappa shape index (κ3) is 3.49. The van der Waals surface area contributed by atoms with E-state index in [1.165, 1.54) is 6.07 Å². The Balaban J connectivity index is 2.27. The molecule has 0 amide bonds. The van der Waals surface area contributed by atoms with Crippen molar-refractivity contribution in [1.82, 2.24) is 0 Å². The third-order valence-electron chi connectivity index (χ3n) is 4.96. The van der Waals surface area contributed by atoms with E-state index in [9.17, 15) is 25.3 Å². The van der Waals surface area contributed by atoms with E-state index in [2.05, 4.69) is 0 Å². The summed E-state index contributed by atoms with van der Waals surface area (Å²) in [4.78, 5) is 23.5. The van der Waals surface area contributed by atoms with Gasteiger partial charge >= 0.3 is 0 Å². The number of carbonyl (C=O) groups is 1. The maximum absolute atomic E-state index is 13.0. The van der Waals surface area contributed by atoms with Crippen molar-refractivity contribution in [2.45, 2.75) is 39.5 Å². The van der Waals surface area contributed by atoms with E-state index >= 15 is 0 Å². The fourth-order valence-corrected chi connectivity index (χ4v) is 3.79. The molecule has 0 saturated carbocycles. The Kier molecular flexibility index (Phi) is 4.96. The number of carbonyl (C=O) groups excluding carboxylic acids is 1. The largest absolute Gasteiger partial charge is 0.865 e. The number of nitro groups is 1. The lowest BCUT2D eigenvalue weighted by atomic mass is 9.70. The van der Waals surface area contributed by atoms with Crippen molar-refractivity contribution in [2.24, 2.45) is 11.1 Å². The molecule has 1 aliphatic carbocycles. The summed E-state index contributed by atoms with van der Waals surface area (Å²) in [7, 11) is 0. The molecule has 2 N–H and O–H groups in total. The van der Waals surface area contributed by atoms with Crippen LogP contribution in [0.4, 0.5) is 5.69 Å². The normalized spacial score (nSPS) is 20.6. The lowest BCUT2D eigenvalue weighted by Crippen LogP contribution is -2.33. The first kappa shape index (κ1) is 20.2. The molecule has 1 aromatic carbocycles. The van der Waals surface area contributed by atoms with Gasteiger partial charge in [0.1, 0.15) is 23.2 Å². The van der Waals surface area contributed by atoms with Crippen LogP contribution in [0.15, 0.2) is 34.9 Å². The van der Waals surface area contributed by atoms with Crippen LogP contribution in [-0.2, 0) is 9.53 Å². The summed E-state index contributed by atoms with van der Waals surface area (Å²) in [5.74, 6) is -2.09. The summed E-state index contributed by atoms with van der Waals surface area (Å²) in [5.41, 5.74) is 5.31. The molecule has 9 heteroatoms. The fourth-order valence-electron chi connectivity index (χ4n) is 3.79. The number of nitriles is 1. The number of ketones is 1. The Labute approximate surface area is 167 Å². The average Bonchev–Trinajstić information content (AvgIpc) is 2.61. The molecule has 0 spiro atoms. The van der Waals surface area contributed by atoms with Gasteiger partial charge in [-0.25, -0.2) is 0 Å². The summed E-state index contributed by atoms with van der Waals surface area (Å²) in [5, 5.41) is 33.4.